The molecular weight excluding hydrogens is 332 g/mol. The molecule has 2 aromatic heterocycles. The van der Waals surface area contributed by atoms with Gasteiger partial charge in [0, 0.05) is 6.20 Å². The first-order chi connectivity index (χ1) is 12.5. The van der Waals surface area contributed by atoms with Crippen molar-refractivity contribution in [3.8, 4) is 17.1 Å². The zero-order valence-corrected chi connectivity index (χ0v) is 13.8. The van der Waals surface area contributed by atoms with Gasteiger partial charge in [-0.15, -0.1) is 0 Å². The average Bonchev–Trinajstić information content (AvgIpc) is 3.12. The quantitative estimate of drug-likeness (QED) is 0.594. The van der Waals surface area contributed by atoms with Gasteiger partial charge in [0.05, 0.1) is 22.7 Å². The molecule has 2 heterocycles. The third-order valence-electron chi connectivity index (χ3n) is 4.09. The minimum absolute atomic E-state index is 0.0162. The number of H-pyrrole nitrogens is 1. The summed E-state index contributed by atoms with van der Waals surface area (Å²) in [6, 6.07) is 13.5. The summed E-state index contributed by atoms with van der Waals surface area (Å²) in [6.45, 7) is 2.01. The minimum Gasteiger partial charge on any atom is -0.478 e. The van der Waals surface area contributed by atoms with E-state index in [1.807, 2.05) is 37.3 Å². The summed E-state index contributed by atoms with van der Waals surface area (Å²) < 4.78 is 1.23. The number of hydrogen-bond donors (Lipinski definition) is 2. The van der Waals surface area contributed by atoms with Crippen LogP contribution in [0.5, 0.6) is 0 Å². The van der Waals surface area contributed by atoms with Crippen molar-refractivity contribution in [2.45, 2.75) is 6.92 Å². The molecule has 7 nitrogen and oxygen atoms in total. The van der Waals surface area contributed by atoms with Crippen molar-refractivity contribution < 1.29 is 9.90 Å². The summed E-state index contributed by atoms with van der Waals surface area (Å²) in [5, 5.41) is 13.4. The van der Waals surface area contributed by atoms with Gasteiger partial charge < -0.3 is 5.11 Å². The standard InChI is InChI=1S/C19H14N4O3/c1-11-3-2-4-12(7-11)13-5-6-16-15(8-13)17(24)22-19(21-16)23-10-14(9-20-23)18(25)26/h2-10H,1H3,(H,25,26)(H,21,22,24). The lowest BCUT2D eigenvalue weighted by atomic mass is 10.0. The van der Waals surface area contributed by atoms with E-state index in [4.69, 9.17) is 5.11 Å². The van der Waals surface area contributed by atoms with Crippen molar-refractivity contribution in [3.63, 3.8) is 0 Å². The molecule has 0 radical (unpaired) electrons. The summed E-state index contributed by atoms with van der Waals surface area (Å²) in [4.78, 5) is 30.5. The number of nitrogens with one attached hydrogen (secondary N) is 1. The van der Waals surface area contributed by atoms with Crippen LogP contribution in [0.4, 0.5) is 0 Å². The molecule has 0 spiro atoms. The molecule has 0 saturated heterocycles. The summed E-state index contributed by atoms with van der Waals surface area (Å²) in [7, 11) is 0. The second kappa shape index (κ2) is 5.96. The highest BCUT2D eigenvalue weighted by atomic mass is 16.4. The fraction of sp³-hybridized carbons (Fsp3) is 0.0526. The third kappa shape index (κ3) is 2.75. The maximum atomic E-state index is 12.5. The monoisotopic (exact) mass is 346 g/mol. The molecular formula is C19H14N4O3. The maximum absolute atomic E-state index is 12.5. The van der Waals surface area contributed by atoms with Gasteiger partial charge >= 0.3 is 5.97 Å². The number of aromatic amines is 1. The van der Waals surface area contributed by atoms with E-state index in [0.29, 0.717) is 10.9 Å². The molecule has 0 bridgehead atoms. The van der Waals surface area contributed by atoms with Crippen molar-refractivity contribution in [1.82, 2.24) is 19.7 Å². The molecule has 7 heteroatoms. The van der Waals surface area contributed by atoms with Crippen LogP contribution in [-0.4, -0.2) is 30.8 Å². The van der Waals surface area contributed by atoms with Crippen LogP contribution < -0.4 is 5.56 Å². The van der Waals surface area contributed by atoms with Gasteiger partial charge in [-0.05, 0) is 30.2 Å². The highest BCUT2D eigenvalue weighted by molar-refractivity contribution is 5.87. The predicted octanol–water partition coefficient (Wildman–Crippen LogP) is 2.78. The van der Waals surface area contributed by atoms with Crippen LogP contribution in [0.15, 0.2) is 59.7 Å². The highest BCUT2D eigenvalue weighted by Crippen LogP contribution is 2.23. The molecule has 0 aliphatic heterocycles. The molecule has 0 atom stereocenters. The minimum atomic E-state index is -1.10. The van der Waals surface area contributed by atoms with E-state index >= 15 is 0 Å². The van der Waals surface area contributed by atoms with Gasteiger partial charge in [-0.1, -0.05) is 35.9 Å². The zero-order valence-electron chi connectivity index (χ0n) is 13.8. The lowest BCUT2D eigenvalue weighted by Gasteiger charge is -2.06. The second-order valence-corrected chi connectivity index (χ2v) is 5.97. The largest absolute Gasteiger partial charge is 0.478 e. The van der Waals surface area contributed by atoms with Crippen molar-refractivity contribution >= 4 is 16.9 Å². The first-order valence-electron chi connectivity index (χ1n) is 7.91. The summed E-state index contributed by atoms with van der Waals surface area (Å²) in [5.74, 6) is -0.930. The van der Waals surface area contributed by atoms with Gasteiger partial charge in [-0.3, -0.25) is 9.78 Å². The van der Waals surface area contributed by atoms with Crippen LogP contribution in [0.3, 0.4) is 0 Å². The van der Waals surface area contributed by atoms with Crippen LogP contribution in [0.2, 0.25) is 0 Å². The Morgan fingerprint density at radius 2 is 1.96 bits per heavy atom. The Hall–Kier alpha value is -3.74. The molecule has 4 aromatic rings. The molecule has 0 saturated carbocycles. The van der Waals surface area contributed by atoms with Crippen molar-refractivity contribution in [1.29, 1.82) is 0 Å². The van der Waals surface area contributed by atoms with Crippen LogP contribution in [0.1, 0.15) is 15.9 Å². The molecule has 0 fully saturated rings. The number of benzene rings is 2. The van der Waals surface area contributed by atoms with E-state index < -0.39 is 5.97 Å². The SMILES string of the molecule is Cc1cccc(-c2ccc3nc(-n4cc(C(=O)O)cn4)[nH]c(=O)c3c2)c1. The lowest BCUT2D eigenvalue weighted by molar-refractivity contribution is 0.0697. The number of carboxylic acid groups (broad SMARTS) is 1. The van der Waals surface area contributed by atoms with E-state index in [9.17, 15) is 9.59 Å². The number of fused-ring (bicyclic) bond motifs is 1. The fourth-order valence-corrected chi connectivity index (χ4v) is 2.79. The van der Waals surface area contributed by atoms with Gasteiger partial charge in [0.15, 0.2) is 0 Å². The second-order valence-electron chi connectivity index (χ2n) is 5.97. The number of rotatable bonds is 3. The summed E-state index contributed by atoms with van der Waals surface area (Å²) >= 11 is 0. The Balaban J connectivity index is 1.82. The molecule has 2 N–H and O–H groups in total. The number of carbonyl (C=O) groups is 1. The van der Waals surface area contributed by atoms with Gasteiger partial charge in [-0.25, -0.2) is 14.5 Å². The first-order valence-corrected chi connectivity index (χ1v) is 7.91. The number of aromatic nitrogens is 4. The molecule has 4 rings (SSSR count). The number of nitrogens with zero attached hydrogens (tertiary/aromatic N) is 3. The van der Waals surface area contributed by atoms with Gasteiger partial charge in [0.1, 0.15) is 0 Å². The van der Waals surface area contributed by atoms with Crippen molar-refractivity contribution in [2.75, 3.05) is 0 Å². The van der Waals surface area contributed by atoms with E-state index in [2.05, 4.69) is 15.1 Å². The van der Waals surface area contributed by atoms with Crippen LogP contribution >= 0.6 is 0 Å². The zero-order chi connectivity index (χ0) is 18.3. The van der Waals surface area contributed by atoms with Crippen LogP contribution in [-0.2, 0) is 0 Å². The molecule has 0 amide bonds. The maximum Gasteiger partial charge on any atom is 0.338 e. The number of aromatic carboxylic acids is 1. The molecule has 2 aromatic carbocycles. The molecule has 0 aliphatic rings. The van der Waals surface area contributed by atoms with Crippen molar-refractivity contribution in [3.05, 3.63) is 76.3 Å². The topological polar surface area (TPSA) is 101 Å². The molecule has 128 valence electrons. The Morgan fingerprint density at radius 3 is 2.69 bits per heavy atom. The van der Waals surface area contributed by atoms with Gasteiger partial charge in [0.2, 0.25) is 5.95 Å². The average molecular weight is 346 g/mol. The third-order valence-corrected chi connectivity index (χ3v) is 4.09. The van der Waals surface area contributed by atoms with E-state index in [-0.39, 0.29) is 17.1 Å². The first kappa shape index (κ1) is 15.8. The summed E-state index contributed by atoms with van der Waals surface area (Å²) in [6.07, 6.45) is 2.50. The normalized spacial score (nSPS) is 11.0. The van der Waals surface area contributed by atoms with E-state index in [0.717, 1.165) is 16.7 Å². The van der Waals surface area contributed by atoms with Crippen LogP contribution in [0, 0.1) is 6.92 Å². The Morgan fingerprint density at radius 1 is 1.15 bits per heavy atom. The van der Waals surface area contributed by atoms with E-state index in [1.54, 1.807) is 12.1 Å². The highest BCUT2D eigenvalue weighted by Gasteiger charge is 2.11. The Labute approximate surface area is 147 Å². The van der Waals surface area contributed by atoms with Crippen molar-refractivity contribution in [2.24, 2.45) is 0 Å². The Kier molecular flexibility index (Phi) is 3.62. The Bertz CT molecular complexity index is 1210. The van der Waals surface area contributed by atoms with Gasteiger partial charge in [-0.2, -0.15) is 5.10 Å². The molecule has 0 unspecified atom stereocenters. The number of carboxylic acids is 1. The van der Waals surface area contributed by atoms with E-state index in [1.165, 1.54) is 17.1 Å². The van der Waals surface area contributed by atoms with Crippen LogP contribution in [0.25, 0.3) is 28.0 Å². The lowest BCUT2D eigenvalue weighted by Crippen LogP contribution is -2.14. The fourth-order valence-electron chi connectivity index (χ4n) is 2.79. The molecule has 26 heavy (non-hydrogen) atoms. The summed E-state index contributed by atoms with van der Waals surface area (Å²) in [5.41, 5.74) is 3.29. The number of aryl methyl sites for hydroxylation is 1. The molecule has 0 aliphatic carbocycles. The predicted molar refractivity (Wildman–Crippen MR) is 96.6 cm³/mol. The number of hydrogen-bond acceptors (Lipinski definition) is 4. The smallest absolute Gasteiger partial charge is 0.338 e. The van der Waals surface area contributed by atoms with Gasteiger partial charge in [0.25, 0.3) is 5.56 Å².